The predicted molar refractivity (Wildman–Crippen MR) is 56.4 cm³/mol. The Hall–Kier alpha value is -1.56. The average Bonchev–Trinajstić information content (AvgIpc) is 2.71. The largest absolute Gasteiger partial charge is 0.365 e. The molecule has 0 spiro atoms. The van der Waals surface area contributed by atoms with Gasteiger partial charge in [-0.05, 0) is 31.9 Å². The quantitative estimate of drug-likeness (QED) is 0.805. The summed E-state index contributed by atoms with van der Waals surface area (Å²) >= 11 is 0. The minimum Gasteiger partial charge on any atom is -0.365 e. The molecule has 1 N–H and O–H groups in total. The van der Waals surface area contributed by atoms with Crippen LogP contribution in [0.5, 0.6) is 0 Å². The van der Waals surface area contributed by atoms with Gasteiger partial charge in [-0.1, -0.05) is 0 Å². The number of hydrogen-bond acceptors (Lipinski definition) is 3. The second-order valence-electron chi connectivity index (χ2n) is 4.11. The third-order valence-electron chi connectivity index (χ3n) is 2.76. The van der Waals surface area contributed by atoms with Crippen LogP contribution in [-0.4, -0.2) is 23.1 Å². The summed E-state index contributed by atoms with van der Waals surface area (Å²) in [7, 11) is 0. The number of anilines is 1. The third-order valence-corrected chi connectivity index (χ3v) is 2.76. The third kappa shape index (κ3) is 2.41. The van der Waals surface area contributed by atoms with Crippen molar-refractivity contribution in [1.29, 1.82) is 0 Å². The van der Waals surface area contributed by atoms with Gasteiger partial charge in [-0.2, -0.15) is 13.8 Å². The lowest BCUT2D eigenvalue weighted by atomic mass is 10.0. The molecule has 2 heterocycles. The molecule has 1 atom stereocenters. The summed E-state index contributed by atoms with van der Waals surface area (Å²) in [6.45, 7) is 2.15. The molecule has 4 nitrogen and oxygen atoms in total. The zero-order chi connectivity index (χ0) is 12.5. The first kappa shape index (κ1) is 11.9. The zero-order valence-electron chi connectivity index (χ0n) is 9.30. The van der Waals surface area contributed by atoms with Crippen molar-refractivity contribution in [1.82, 2.24) is 4.98 Å². The number of rotatable bonds is 2. The van der Waals surface area contributed by atoms with Gasteiger partial charge in [0.25, 0.3) is 5.91 Å². The first-order valence-corrected chi connectivity index (χ1v) is 5.29. The smallest absolute Gasteiger partial charge is 0.256 e. The Bertz CT molecular complexity index is 445. The van der Waals surface area contributed by atoms with Crippen LogP contribution in [0.15, 0.2) is 12.1 Å². The van der Waals surface area contributed by atoms with E-state index < -0.39 is 23.4 Å². The highest BCUT2D eigenvalue weighted by atomic mass is 19.1. The Morgan fingerprint density at radius 1 is 1.53 bits per heavy atom. The number of pyridine rings is 1. The highest BCUT2D eigenvalue weighted by Crippen LogP contribution is 2.26. The molecule has 6 heteroatoms. The Balaban J connectivity index is 2.13. The molecule has 1 aromatic rings. The molecule has 17 heavy (non-hydrogen) atoms. The van der Waals surface area contributed by atoms with Gasteiger partial charge in [0.1, 0.15) is 5.60 Å². The van der Waals surface area contributed by atoms with Gasteiger partial charge in [0.15, 0.2) is 0 Å². The first-order chi connectivity index (χ1) is 8.01. The number of ether oxygens (including phenoxy) is 1. The van der Waals surface area contributed by atoms with Crippen LogP contribution in [0, 0.1) is 11.9 Å². The number of nitrogens with zero attached hydrogens (tertiary/aromatic N) is 1. The van der Waals surface area contributed by atoms with Crippen molar-refractivity contribution >= 4 is 11.6 Å². The van der Waals surface area contributed by atoms with Crippen molar-refractivity contribution in [3.63, 3.8) is 0 Å². The topological polar surface area (TPSA) is 51.2 Å². The summed E-state index contributed by atoms with van der Waals surface area (Å²) in [5.41, 5.74) is -1.09. The van der Waals surface area contributed by atoms with Crippen LogP contribution >= 0.6 is 0 Å². The van der Waals surface area contributed by atoms with Crippen molar-refractivity contribution in [2.75, 3.05) is 11.9 Å². The minimum atomic E-state index is -1.04. The van der Waals surface area contributed by atoms with Crippen LogP contribution in [0.1, 0.15) is 19.8 Å². The fraction of sp³-hybridized carbons (Fsp3) is 0.455. The number of carbonyl (C=O) groups is 1. The molecule has 1 fully saturated rings. The second-order valence-corrected chi connectivity index (χ2v) is 4.11. The van der Waals surface area contributed by atoms with Crippen molar-refractivity contribution in [3.8, 4) is 0 Å². The maximum Gasteiger partial charge on any atom is 0.256 e. The molecule has 0 saturated carbocycles. The average molecular weight is 242 g/mol. The molecule has 1 aliphatic rings. The number of amides is 1. The maximum absolute atomic E-state index is 13.2. The van der Waals surface area contributed by atoms with E-state index in [4.69, 9.17) is 4.74 Å². The lowest BCUT2D eigenvalue weighted by molar-refractivity contribution is -0.133. The Kier molecular flexibility index (Phi) is 3.06. The van der Waals surface area contributed by atoms with Gasteiger partial charge in [0, 0.05) is 6.61 Å². The van der Waals surface area contributed by atoms with E-state index in [0.717, 1.165) is 18.6 Å². The molecule has 1 unspecified atom stereocenters. The number of aromatic nitrogens is 1. The first-order valence-electron chi connectivity index (χ1n) is 5.29. The van der Waals surface area contributed by atoms with Gasteiger partial charge in [-0.3, -0.25) is 4.79 Å². The molecular formula is C11H12F2N2O2. The van der Waals surface area contributed by atoms with E-state index >= 15 is 0 Å². The van der Waals surface area contributed by atoms with Gasteiger partial charge in [-0.25, -0.2) is 0 Å². The number of hydrogen-bond donors (Lipinski definition) is 1. The zero-order valence-corrected chi connectivity index (χ0v) is 9.30. The number of halogens is 2. The van der Waals surface area contributed by atoms with Gasteiger partial charge in [0.2, 0.25) is 11.9 Å². The molecule has 0 aromatic carbocycles. The molecular weight excluding hydrogens is 230 g/mol. The van der Waals surface area contributed by atoms with Crippen LogP contribution in [0.25, 0.3) is 0 Å². The van der Waals surface area contributed by atoms with E-state index in [2.05, 4.69) is 10.3 Å². The summed E-state index contributed by atoms with van der Waals surface area (Å²) in [4.78, 5) is 14.8. The Morgan fingerprint density at radius 3 is 2.88 bits per heavy atom. The van der Waals surface area contributed by atoms with E-state index in [-0.39, 0.29) is 5.69 Å². The van der Waals surface area contributed by atoms with Crippen molar-refractivity contribution < 1.29 is 18.3 Å². The van der Waals surface area contributed by atoms with E-state index in [0.29, 0.717) is 13.0 Å². The fourth-order valence-electron chi connectivity index (χ4n) is 1.72. The molecule has 1 saturated heterocycles. The normalized spacial score (nSPS) is 23.7. The van der Waals surface area contributed by atoms with Crippen LogP contribution in [0.2, 0.25) is 0 Å². The fourth-order valence-corrected chi connectivity index (χ4v) is 1.72. The molecule has 0 bridgehead atoms. The molecule has 0 radical (unpaired) electrons. The summed E-state index contributed by atoms with van der Waals surface area (Å²) in [5, 5.41) is 2.35. The van der Waals surface area contributed by atoms with E-state index in [1.807, 2.05) is 0 Å². The van der Waals surface area contributed by atoms with Crippen molar-refractivity contribution in [3.05, 3.63) is 24.0 Å². The SMILES string of the molecule is CC1(C(=O)Nc2ccc(F)nc2F)CCCO1. The molecule has 92 valence electrons. The molecule has 2 rings (SSSR count). The van der Waals surface area contributed by atoms with Gasteiger partial charge in [-0.15, -0.1) is 0 Å². The highest BCUT2D eigenvalue weighted by Gasteiger charge is 2.38. The maximum atomic E-state index is 13.2. The highest BCUT2D eigenvalue weighted by molar-refractivity contribution is 5.97. The summed E-state index contributed by atoms with van der Waals surface area (Å²) < 4.78 is 31.1. The van der Waals surface area contributed by atoms with Crippen LogP contribution in [-0.2, 0) is 9.53 Å². The van der Waals surface area contributed by atoms with Gasteiger partial charge in [0.05, 0.1) is 5.69 Å². The summed E-state index contributed by atoms with van der Waals surface area (Å²) in [6.07, 6.45) is 1.36. The monoisotopic (exact) mass is 242 g/mol. The lowest BCUT2D eigenvalue weighted by Crippen LogP contribution is -2.39. The molecule has 1 amide bonds. The van der Waals surface area contributed by atoms with Gasteiger partial charge < -0.3 is 10.1 Å². The lowest BCUT2D eigenvalue weighted by Gasteiger charge is -2.21. The predicted octanol–water partition coefficient (Wildman–Crippen LogP) is 1.87. The molecule has 1 aliphatic heterocycles. The molecule has 0 aliphatic carbocycles. The van der Waals surface area contributed by atoms with Crippen LogP contribution in [0.4, 0.5) is 14.5 Å². The molecule has 1 aromatic heterocycles. The van der Waals surface area contributed by atoms with E-state index in [9.17, 15) is 13.6 Å². The Morgan fingerprint density at radius 2 is 2.29 bits per heavy atom. The van der Waals surface area contributed by atoms with Crippen LogP contribution < -0.4 is 5.32 Å². The van der Waals surface area contributed by atoms with E-state index in [1.165, 1.54) is 0 Å². The number of carbonyl (C=O) groups excluding carboxylic acids is 1. The minimum absolute atomic E-state index is 0.145. The standard InChI is InChI=1S/C11H12F2N2O2/c1-11(5-2-6-17-11)10(16)14-7-3-4-8(12)15-9(7)13/h3-4H,2,5-6H2,1H3,(H,14,16). The van der Waals surface area contributed by atoms with Crippen LogP contribution in [0.3, 0.4) is 0 Å². The number of nitrogens with one attached hydrogen (secondary N) is 1. The van der Waals surface area contributed by atoms with E-state index in [1.54, 1.807) is 6.92 Å². The van der Waals surface area contributed by atoms with Gasteiger partial charge >= 0.3 is 0 Å². The summed E-state index contributed by atoms with van der Waals surface area (Å²) in [5.74, 6) is -2.41. The second kappa shape index (κ2) is 4.37. The Labute approximate surface area is 97.0 Å². The van der Waals surface area contributed by atoms with Crippen molar-refractivity contribution in [2.45, 2.75) is 25.4 Å². The summed E-state index contributed by atoms with van der Waals surface area (Å²) in [6, 6.07) is 2.12. The van der Waals surface area contributed by atoms with Crippen molar-refractivity contribution in [2.24, 2.45) is 0 Å².